The molecule has 2 aromatic carbocycles. The molecule has 1 atom stereocenters. The fraction of sp³-hybridized carbons (Fsp3) is 0.286. The standard InChI is InChI=1S/C21H23N3OS/c1-24(2)15-8-4-14(5-9-15)19-17-11-7-13-6-10-16(25-3)12-18(13)20(17)23-21(26)22-19/h4-6,8-10,12,19H,7,11H2,1-3H3,(H2,22,23,26). The lowest BCUT2D eigenvalue weighted by molar-refractivity contribution is 0.414. The van der Waals surface area contributed by atoms with Gasteiger partial charge in [-0.3, -0.25) is 0 Å². The van der Waals surface area contributed by atoms with Gasteiger partial charge in [0.25, 0.3) is 0 Å². The second-order valence-corrected chi connectivity index (χ2v) is 7.35. The zero-order valence-electron chi connectivity index (χ0n) is 15.3. The number of rotatable bonds is 3. The van der Waals surface area contributed by atoms with Crippen molar-refractivity contribution in [2.24, 2.45) is 0 Å². The molecule has 2 aromatic rings. The molecule has 0 amide bonds. The van der Waals surface area contributed by atoms with Crippen LogP contribution in [0.2, 0.25) is 0 Å². The Morgan fingerprint density at radius 3 is 2.54 bits per heavy atom. The number of methoxy groups -OCH3 is 1. The molecule has 2 N–H and O–H groups in total. The highest BCUT2D eigenvalue weighted by molar-refractivity contribution is 7.80. The molecular weight excluding hydrogens is 342 g/mol. The van der Waals surface area contributed by atoms with Gasteiger partial charge in [0.2, 0.25) is 0 Å². The van der Waals surface area contributed by atoms with Gasteiger partial charge in [0.1, 0.15) is 5.75 Å². The molecule has 0 radical (unpaired) electrons. The fourth-order valence-corrected chi connectivity index (χ4v) is 3.97. The first kappa shape index (κ1) is 16.9. The van der Waals surface area contributed by atoms with Gasteiger partial charge in [-0.1, -0.05) is 18.2 Å². The number of nitrogens with one attached hydrogen (secondary N) is 2. The van der Waals surface area contributed by atoms with Crippen molar-refractivity contribution in [2.75, 3.05) is 26.1 Å². The molecule has 5 heteroatoms. The molecule has 0 fully saturated rings. The van der Waals surface area contributed by atoms with Gasteiger partial charge >= 0.3 is 0 Å². The van der Waals surface area contributed by atoms with E-state index in [1.165, 1.54) is 28.0 Å². The van der Waals surface area contributed by atoms with Gasteiger partial charge in [-0.05, 0) is 66.0 Å². The van der Waals surface area contributed by atoms with E-state index < -0.39 is 0 Å². The van der Waals surface area contributed by atoms with Crippen molar-refractivity contribution < 1.29 is 4.74 Å². The van der Waals surface area contributed by atoms with E-state index in [9.17, 15) is 0 Å². The number of thiocarbonyl (C=S) groups is 1. The summed E-state index contributed by atoms with van der Waals surface area (Å²) < 4.78 is 5.43. The normalized spacial score (nSPS) is 18.4. The first-order chi connectivity index (χ1) is 12.6. The Bertz CT molecular complexity index is 887. The van der Waals surface area contributed by atoms with Gasteiger partial charge in [-0.2, -0.15) is 0 Å². The zero-order chi connectivity index (χ0) is 18.3. The lowest BCUT2D eigenvalue weighted by Gasteiger charge is -2.36. The van der Waals surface area contributed by atoms with Crippen LogP contribution in [0, 0.1) is 0 Å². The highest BCUT2D eigenvalue weighted by atomic mass is 32.1. The minimum Gasteiger partial charge on any atom is -0.497 e. The number of fused-ring (bicyclic) bond motifs is 2. The summed E-state index contributed by atoms with van der Waals surface area (Å²) in [4.78, 5) is 2.11. The summed E-state index contributed by atoms with van der Waals surface area (Å²) in [6.07, 6.45) is 2.04. The van der Waals surface area contributed by atoms with Crippen LogP contribution >= 0.6 is 12.2 Å². The van der Waals surface area contributed by atoms with Gasteiger partial charge in [0.05, 0.1) is 13.2 Å². The van der Waals surface area contributed by atoms with Gasteiger partial charge in [-0.25, -0.2) is 0 Å². The van der Waals surface area contributed by atoms with E-state index in [1.807, 2.05) is 6.07 Å². The Kier molecular flexibility index (Phi) is 4.32. The minimum absolute atomic E-state index is 0.106. The lowest BCUT2D eigenvalue weighted by Crippen LogP contribution is -2.44. The van der Waals surface area contributed by atoms with E-state index in [4.69, 9.17) is 17.0 Å². The molecule has 1 unspecified atom stereocenters. The fourth-order valence-electron chi connectivity index (χ4n) is 3.75. The highest BCUT2D eigenvalue weighted by Gasteiger charge is 2.31. The Morgan fingerprint density at radius 2 is 1.85 bits per heavy atom. The van der Waals surface area contributed by atoms with E-state index in [-0.39, 0.29) is 6.04 Å². The first-order valence-corrected chi connectivity index (χ1v) is 9.23. The molecule has 0 saturated carbocycles. The van der Waals surface area contributed by atoms with Crippen LogP contribution in [0.3, 0.4) is 0 Å². The van der Waals surface area contributed by atoms with Gasteiger partial charge in [0.15, 0.2) is 5.11 Å². The van der Waals surface area contributed by atoms with Crippen molar-refractivity contribution in [1.82, 2.24) is 10.6 Å². The molecule has 0 aromatic heterocycles. The Balaban J connectivity index is 1.78. The van der Waals surface area contributed by atoms with Crippen molar-refractivity contribution in [2.45, 2.75) is 18.9 Å². The molecule has 4 rings (SSSR count). The van der Waals surface area contributed by atoms with Crippen molar-refractivity contribution in [3.05, 3.63) is 64.7 Å². The molecular formula is C21H23N3OS. The van der Waals surface area contributed by atoms with Crippen molar-refractivity contribution in [3.8, 4) is 5.75 Å². The predicted molar refractivity (Wildman–Crippen MR) is 111 cm³/mol. The molecule has 1 aliphatic heterocycles. The maximum absolute atomic E-state index is 5.51. The number of ether oxygens (including phenoxy) is 1. The number of nitrogens with zero attached hydrogens (tertiary/aromatic N) is 1. The maximum atomic E-state index is 5.51. The van der Waals surface area contributed by atoms with Crippen LogP contribution in [0.1, 0.15) is 29.2 Å². The third-order valence-corrected chi connectivity index (χ3v) is 5.40. The predicted octanol–water partition coefficient (Wildman–Crippen LogP) is 3.64. The smallest absolute Gasteiger partial charge is 0.171 e. The second kappa shape index (κ2) is 6.65. The molecule has 4 nitrogen and oxygen atoms in total. The maximum Gasteiger partial charge on any atom is 0.171 e. The van der Waals surface area contributed by atoms with Gasteiger partial charge in [0, 0.05) is 31.0 Å². The van der Waals surface area contributed by atoms with Crippen LogP contribution in [0.25, 0.3) is 5.70 Å². The molecule has 1 heterocycles. The van der Waals surface area contributed by atoms with E-state index in [0.717, 1.165) is 24.3 Å². The number of benzene rings is 2. The Morgan fingerprint density at radius 1 is 1.08 bits per heavy atom. The van der Waals surface area contributed by atoms with E-state index in [1.54, 1.807) is 7.11 Å². The largest absolute Gasteiger partial charge is 0.497 e. The van der Waals surface area contributed by atoms with Crippen LogP contribution in [0.15, 0.2) is 48.0 Å². The summed E-state index contributed by atoms with van der Waals surface area (Å²) in [6.45, 7) is 0. The number of hydrogen-bond donors (Lipinski definition) is 2. The molecule has 0 bridgehead atoms. The first-order valence-electron chi connectivity index (χ1n) is 8.82. The zero-order valence-corrected chi connectivity index (χ0v) is 16.1. The second-order valence-electron chi connectivity index (χ2n) is 6.94. The van der Waals surface area contributed by atoms with Gasteiger partial charge < -0.3 is 20.3 Å². The average Bonchev–Trinajstić information content (AvgIpc) is 2.66. The highest BCUT2D eigenvalue weighted by Crippen LogP contribution is 2.40. The van der Waals surface area contributed by atoms with Crippen molar-refractivity contribution >= 4 is 28.7 Å². The van der Waals surface area contributed by atoms with Crippen LogP contribution in [0.5, 0.6) is 5.75 Å². The number of aryl methyl sites for hydroxylation is 1. The van der Waals surface area contributed by atoms with Crippen molar-refractivity contribution in [1.29, 1.82) is 0 Å². The van der Waals surface area contributed by atoms with E-state index >= 15 is 0 Å². The molecule has 0 spiro atoms. The minimum atomic E-state index is 0.106. The Labute approximate surface area is 159 Å². The third-order valence-electron chi connectivity index (χ3n) is 5.18. The summed E-state index contributed by atoms with van der Waals surface area (Å²) in [6, 6.07) is 15.1. The summed E-state index contributed by atoms with van der Waals surface area (Å²) in [5.41, 5.74) is 7.46. The van der Waals surface area contributed by atoms with Crippen LogP contribution < -0.4 is 20.3 Å². The molecule has 1 aliphatic carbocycles. The molecule has 0 saturated heterocycles. The quantitative estimate of drug-likeness (QED) is 0.812. The van der Waals surface area contributed by atoms with Crippen LogP contribution in [-0.4, -0.2) is 26.3 Å². The number of anilines is 1. The topological polar surface area (TPSA) is 36.5 Å². The van der Waals surface area contributed by atoms with Crippen molar-refractivity contribution in [3.63, 3.8) is 0 Å². The summed E-state index contributed by atoms with van der Waals surface area (Å²) in [5.74, 6) is 0.871. The summed E-state index contributed by atoms with van der Waals surface area (Å²) >= 11 is 5.51. The lowest BCUT2D eigenvalue weighted by atomic mass is 9.82. The molecule has 134 valence electrons. The van der Waals surface area contributed by atoms with Gasteiger partial charge in [-0.15, -0.1) is 0 Å². The van der Waals surface area contributed by atoms with E-state index in [0.29, 0.717) is 5.11 Å². The summed E-state index contributed by atoms with van der Waals surface area (Å²) in [5, 5.41) is 7.52. The Hall–Kier alpha value is -2.53. The molecule has 26 heavy (non-hydrogen) atoms. The monoisotopic (exact) mass is 365 g/mol. The average molecular weight is 366 g/mol. The summed E-state index contributed by atoms with van der Waals surface area (Å²) in [7, 11) is 5.81. The van der Waals surface area contributed by atoms with Crippen LogP contribution in [-0.2, 0) is 6.42 Å². The SMILES string of the molecule is COc1ccc2c(c1)C1=C(CC2)C(c2ccc(N(C)C)cc2)NC(=S)N1. The molecule has 2 aliphatic rings. The third kappa shape index (κ3) is 2.92. The van der Waals surface area contributed by atoms with Crippen LogP contribution in [0.4, 0.5) is 5.69 Å². The number of hydrogen-bond acceptors (Lipinski definition) is 3. The van der Waals surface area contributed by atoms with E-state index in [2.05, 4.69) is 66.0 Å².